The molecule has 0 aliphatic heterocycles. The smallest absolute Gasteiger partial charge is 0.321 e. The number of carbonyl (C=O) groups is 2. The first kappa shape index (κ1) is 18.4. The Kier molecular flexibility index (Phi) is 5.88. The van der Waals surface area contributed by atoms with Gasteiger partial charge >= 0.3 is 6.03 Å². The Bertz CT molecular complexity index is 797. The van der Waals surface area contributed by atoms with Crippen LogP contribution in [0.5, 0.6) is 0 Å². The minimum atomic E-state index is -0.224. The van der Waals surface area contributed by atoms with Gasteiger partial charge in [0.1, 0.15) is 0 Å². The first-order chi connectivity index (χ1) is 12.5. The summed E-state index contributed by atoms with van der Waals surface area (Å²) in [5, 5.41) is 10.9. The largest absolute Gasteiger partial charge is 0.335 e. The summed E-state index contributed by atoms with van der Waals surface area (Å²) in [4.78, 5) is 28.6. The number of thiazole rings is 1. The number of hydrogen-bond acceptors (Lipinski definition) is 4. The normalized spacial score (nSPS) is 14.2. The summed E-state index contributed by atoms with van der Waals surface area (Å²) in [6.45, 7) is 4.00. The Morgan fingerprint density at radius 2 is 1.96 bits per heavy atom. The van der Waals surface area contributed by atoms with Crippen molar-refractivity contribution >= 4 is 34.1 Å². The van der Waals surface area contributed by atoms with Crippen LogP contribution in [-0.4, -0.2) is 23.0 Å². The first-order valence-corrected chi connectivity index (χ1v) is 9.77. The molecule has 1 aromatic heterocycles. The molecule has 1 aliphatic rings. The van der Waals surface area contributed by atoms with E-state index in [1.807, 2.05) is 32.0 Å². The highest BCUT2D eigenvalue weighted by Gasteiger charge is 2.18. The third-order valence-electron chi connectivity index (χ3n) is 4.68. The average molecular weight is 372 g/mol. The minimum absolute atomic E-state index is 0.119. The molecule has 2 aromatic rings. The van der Waals surface area contributed by atoms with E-state index in [9.17, 15) is 9.59 Å². The monoisotopic (exact) mass is 372 g/mol. The molecule has 0 radical (unpaired) electrons. The summed E-state index contributed by atoms with van der Waals surface area (Å²) in [6.07, 6.45) is 4.59. The van der Waals surface area contributed by atoms with Gasteiger partial charge in [0.25, 0.3) is 0 Å². The van der Waals surface area contributed by atoms with Crippen molar-refractivity contribution in [1.29, 1.82) is 0 Å². The number of anilines is 2. The van der Waals surface area contributed by atoms with Gasteiger partial charge in [0, 0.05) is 17.1 Å². The number of benzene rings is 1. The molecule has 3 amide bonds. The SMILES string of the molecule is Cc1cccc(NC(=O)Cc2csc(NC(=O)NC3CCCC3)n2)c1C. The van der Waals surface area contributed by atoms with Crippen molar-refractivity contribution in [1.82, 2.24) is 10.3 Å². The standard InChI is InChI=1S/C19H24N4O2S/c1-12-6-5-9-16(13(12)2)22-17(24)10-15-11-26-19(21-15)23-18(25)20-14-7-3-4-8-14/h5-6,9,11,14H,3-4,7-8,10H2,1-2H3,(H,22,24)(H2,20,21,23,25). The molecule has 0 unspecified atom stereocenters. The second kappa shape index (κ2) is 8.31. The number of hydrogen-bond donors (Lipinski definition) is 3. The van der Waals surface area contributed by atoms with Crippen LogP contribution in [0.25, 0.3) is 0 Å². The van der Waals surface area contributed by atoms with E-state index >= 15 is 0 Å². The van der Waals surface area contributed by atoms with E-state index in [0.717, 1.165) is 29.7 Å². The van der Waals surface area contributed by atoms with Crippen LogP contribution in [-0.2, 0) is 11.2 Å². The van der Waals surface area contributed by atoms with E-state index in [4.69, 9.17) is 0 Å². The molecule has 1 heterocycles. The predicted molar refractivity (Wildman–Crippen MR) is 105 cm³/mol. The summed E-state index contributed by atoms with van der Waals surface area (Å²) in [6, 6.07) is 5.86. The van der Waals surface area contributed by atoms with E-state index in [0.29, 0.717) is 10.8 Å². The van der Waals surface area contributed by atoms with Gasteiger partial charge in [-0.05, 0) is 43.9 Å². The van der Waals surface area contributed by atoms with Crippen LogP contribution in [0.2, 0.25) is 0 Å². The lowest BCUT2D eigenvalue weighted by atomic mass is 10.1. The molecular formula is C19H24N4O2S. The van der Waals surface area contributed by atoms with Crippen molar-refractivity contribution in [3.63, 3.8) is 0 Å². The highest BCUT2D eigenvalue weighted by molar-refractivity contribution is 7.13. The molecule has 7 heteroatoms. The molecule has 1 aliphatic carbocycles. The molecule has 26 heavy (non-hydrogen) atoms. The molecular weight excluding hydrogens is 348 g/mol. The molecule has 1 aromatic carbocycles. The number of nitrogens with zero attached hydrogens (tertiary/aromatic N) is 1. The first-order valence-electron chi connectivity index (χ1n) is 8.89. The number of rotatable bonds is 5. The van der Waals surface area contributed by atoms with Gasteiger partial charge in [-0.2, -0.15) is 0 Å². The van der Waals surface area contributed by atoms with Crippen LogP contribution in [0.15, 0.2) is 23.6 Å². The number of nitrogens with one attached hydrogen (secondary N) is 3. The van der Waals surface area contributed by atoms with Gasteiger partial charge in [0.15, 0.2) is 5.13 Å². The summed E-state index contributed by atoms with van der Waals surface area (Å²) >= 11 is 1.33. The maximum atomic E-state index is 12.3. The third kappa shape index (κ3) is 4.82. The molecule has 6 nitrogen and oxygen atoms in total. The van der Waals surface area contributed by atoms with Crippen molar-refractivity contribution in [2.24, 2.45) is 0 Å². The zero-order valence-corrected chi connectivity index (χ0v) is 15.9. The summed E-state index contributed by atoms with van der Waals surface area (Å²) in [5.74, 6) is -0.119. The molecule has 0 saturated heterocycles. The molecule has 138 valence electrons. The Hall–Kier alpha value is -2.41. The van der Waals surface area contributed by atoms with Crippen LogP contribution in [0.3, 0.4) is 0 Å². The Labute approximate surface area is 157 Å². The molecule has 3 rings (SSSR count). The van der Waals surface area contributed by atoms with E-state index in [2.05, 4.69) is 20.9 Å². The lowest BCUT2D eigenvalue weighted by molar-refractivity contribution is -0.115. The van der Waals surface area contributed by atoms with Crippen LogP contribution < -0.4 is 16.0 Å². The minimum Gasteiger partial charge on any atom is -0.335 e. The molecule has 3 N–H and O–H groups in total. The maximum Gasteiger partial charge on any atom is 0.321 e. The van der Waals surface area contributed by atoms with Gasteiger partial charge in [-0.25, -0.2) is 9.78 Å². The zero-order valence-electron chi connectivity index (χ0n) is 15.1. The molecule has 0 spiro atoms. The fourth-order valence-corrected chi connectivity index (χ4v) is 3.79. The highest BCUT2D eigenvalue weighted by atomic mass is 32.1. The zero-order chi connectivity index (χ0) is 18.5. The van der Waals surface area contributed by atoms with Crippen LogP contribution in [0.4, 0.5) is 15.6 Å². The van der Waals surface area contributed by atoms with Gasteiger partial charge < -0.3 is 10.6 Å². The summed E-state index contributed by atoms with van der Waals surface area (Å²) in [7, 11) is 0. The van der Waals surface area contributed by atoms with Crippen molar-refractivity contribution in [2.45, 2.75) is 52.0 Å². The Balaban J connectivity index is 1.51. The van der Waals surface area contributed by atoms with E-state index < -0.39 is 0 Å². The number of carbonyl (C=O) groups excluding carboxylic acids is 2. The number of urea groups is 1. The summed E-state index contributed by atoms with van der Waals surface area (Å²) in [5.41, 5.74) is 3.66. The third-order valence-corrected chi connectivity index (χ3v) is 5.49. The van der Waals surface area contributed by atoms with Crippen molar-refractivity contribution in [3.8, 4) is 0 Å². The lowest BCUT2D eigenvalue weighted by Gasteiger charge is -2.11. The molecule has 0 atom stereocenters. The second-order valence-corrected chi connectivity index (χ2v) is 7.55. The van der Waals surface area contributed by atoms with Crippen molar-refractivity contribution in [2.75, 3.05) is 10.6 Å². The maximum absolute atomic E-state index is 12.3. The second-order valence-electron chi connectivity index (χ2n) is 6.70. The van der Waals surface area contributed by atoms with E-state index in [1.165, 1.54) is 24.2 Å². The molecule has 1 fully saturated rings. The quantitative estimate of drug-likeness (QED) is 0.742. The van der Waals surface area contributed by atoms with E-state index in [-0.39, 0.29) is 24.4 Å². The van der Waals surface area contributed by atoms with Crippen LogP contribution in [0.1, 0.15) is 42.5 Å². The van der Waals surface area contributed by atoms with Crippen molar-refractivity contribution in [3.05, 3.63) is 40.4 Å². The Morgan fingerprint density at radius 3 is 2.73 bits per heavy atom. The van der Waals surface area contributed by atoms with Gasteiger partial charge in [-0.3, -0.25) is 10.1 Å². The van der Waals surface area contributed by atoms with Gasteiger partial charge in [-0.1, -0.05) is 25.0 Å². The van der Waals surface area contributed by atoms with Gasteiger partial charge in [-0.15, -0.1) is 11.3 Å². The molecule has 0 bridgehead atoms. The number of aryl methyl sites for hydroxylation is 1. The lowest BCUT2D eigenvalue weighted by Crippen LogP contribution is -2.36. The van der Waals surface area contributed by atoms with Crippen molar-refractivity contribution < 1.29 is 9.59 Å². The topological polar surface area (TPSA) is 83.1 Å². The van der Waals surface area contributed by atoms with Crippen LogP contribution >= 0.6 is 11.3 Å². The number of amides is 3. The fraction of sp³-hybridized carbons (Fsp3) is 0.421. The fourth-order valence-electron chi connectivity index (χ4n) is 3.08. The van der Waals surface area contributed by atoms with Gasteiger partial charge in [0.2, 0.25) is 5.91 Å². The summed E-state index contributed by atoms with van der Waals surface area (Å²) < 4.78 is 0. The Morgan fingerprint density at radius 1 is 1.19 bits per heavy atom. The van der Waals surface area contributed by atoms with E-state index in [1.54, 1.807) is 5.38 Å². The predicted octanol–water partition coefficient (Wildman–Crippen LogP) is 4.01. The highest BCUT2D eigenvalue weighted by Crippen LogP contribution is 2.20. The average Bonchev–Trinajstić information content (AvgIpc) is 3.24. The molecule has 1 saturated carbocycles. The van der Waals surface area contributed by atoms with Crippen LogP contribution in [0, 0.1) is 13.8 Å². The van der Waals surface area contributed by atoms with Gasteiger partial charge in [0.05, 0.1) is 12.1 Å². The number of aromatic nitrogens is 1.